The summed E-state index contributed by atoms with van der Waals surface area (Å²) in [4.78, 5) is 41.5. The molecule has 0 saturated heterocycles. The first-order valence-corrected chi connectivity index (χ1v) is 5.74. The van der Waals surface area contributed by atoms with Crippen LogP contribution in [-0.4, -0.2) is 36.8 Å². The zero-order chi connectivity index (χ0) is 13.0. The minimum Gasteiger partial charge on any atom is -0.311 e. The van der Waals surface area contributed by atoms with E-state index in [1.165, 1.54) is 6.33 Å². The van der Waals surface area contributed by atoms with Gasteiger partial charge in [-0.3, -0.25) is 24.7 Å². The van der Waals surface area contributed by atoms with Crippen LogP contribution in [0.1, 0.15) is 0 Å². The van der Waals surface area contributed by atoms with Crippen molar-refractivity contribution < 1.29 is 4.79 Å². The third-order valence-corrected chi connectivity index (χ3v) is 2.64. The number of carbonyl (C=O) groups is 1. The number of amides is 1. The van der Waals surface area contributed by atoms with E-state index >= 15 is 0 Å². The summed E-state index contributed by atoms with van der Waals surface area (Å²) in [5, 5.41) is 9.10. The lowest BCUT2D eigenvalue weighted by molar-refractivity contribution is -0.113. The van der Waals surface area contributed by atoms with Crippen molar-refractivity contribution in [3.05, 3.63) is 33.2 Å². The van der Waals surface area contributed by atoms with Gasteiger partial charge < -0.3 is 5.32 Å². The Morgan fingerprint density at radius 3 is 2.89 bits per heavy atom. The molecule has 2 heterocycles. The van der Waals surface area contributed by atoms with Gasteiger partial charge in [0.1, 0.15) is 12.1 Å². The third-order valence-electron chi connectivity index (χ3n) is 1.77. The number of rotatable bonds is 4. The molecule has 94 valence electrons. The molecular formula is C8H8N6O3S. The van der Waals surface area contributed by atoms with Gasteiger partial charge in [-0.25, -0.2) is 9.78 Å². The first-order valence-electron chi connectivity index (χ1n) is 4.75. The number of aromatic nitrogens is 5. The molecule has 9 nitrogen and oxygen atoms in total. The largest absolute Gasteiger partial charge is 0.327 e. The molecule has 0 aliphatic carbocycles. The van der Waals surface area contributed by atoms with Gasteiger partial charge in [0, 0.05) is 6.07 Å². The zero-order valence-electron chi connectivity index (χ0n) is 8.89. The Hall–Kier alpha value is -2.36. The summed E-state index contributed by atoms with van der Waals surface area (Å²) in [6, 6.07) is 1.08. The van der Waals surface area contributed by atoms with Crippen LogP contribution < -0.4 is 16.6 Å². The molecule has 0 bridgehead atoms. The summed E-state index contributed by atoms with van der Waals surface area (Å²) in [6.45, 7) is 0. The summed E-state index contributed by atoms with van der Waals surface area (Å²) in [6.07, 6.45) is 1.33. The molecule has 1 amide bonds. The highest BCUT2D eigenvalue weighted by Gasteiger charge is 2.06. The van der Waals surface area contributed by atoms with Crippen LogP contribution in [0, 0.1) is 0 Å². The van der Waals surface area contributed by atoms with Crippen molar-refractivity contribution in [1.82, 2.24) is 25.1 Å². The fraction of sp³-hybridized carbons (Fsp3) is 0.125. The second kappa shape index (κ2) is 5.31. The number of thioether (sulfide) groups is 1. The molecule has 4 N–H and O–H groups in total. The molecule has 0 unspecified atom stereocenters. The van der Waals surface area contributed by atoms with Gasteiger partial charge in [-0.2, -0.15) is 5.10 Å². The highest BCUT2D eigenvalue weighted by atomic mass is 32.2. The molecule has 0 aromatic carbocycles. The highest BCUT2D eigenvalue weighted by Crippen LogP contribution is 2.10. The van der Waals surface area contributed by atoms with Crippen LogP contribution in [0.25, 0.3) is 0 Å². The van der Waals surface area contributed by atoms with Crippen molar-refractivity contribution in [1.29, 1.82) is 0 Å². The SMILES string of the molecule is O=C(CSc1ncn[nH]1)Nc1cc(=O)[nH]c(=O)[nH]1. The van der Waals surface area contributed by atoms with Crippen molar-refractivity contribution in [2.75, 3.05) is 11.1 Å². The molecule has 18 heavy (non-hydrogen) atoms. The summed E-state index contributed by atoms with van der Waals surface area (Å²) in [5.74, 6) is -0.256. The maximum absolute atomic E-state index is 11.5. The number of carbonyl (C=O) groups excluding carboxylic acids is 1. The molecule has 0 atom stereocenters. The fourth-order valence-electron chi connectivity index (χ4n) is 1.12. The molecule has 0 spiro atoms. The molecule has 2 aromatic heterocycles. The second-order valence-electron chi connectivity index (χ2n) is 3.13. The second-order valence-corrected chi connectivity index (χ2v) is 4.09. The summed E-state index contributed by atoms with van der Waals surface area (Å²) < 4.78 is 0. The standard InChI is InChI=1S/C8H8N6O3S/c15-5-1-4(12-7(17)13-5)11-6(16)2-18-8-9-3-10-14-8/h1,3H,2H2,(H,9,10,14)(H3,11,12,13,15,16,17). The minimum absolute atomic E-state index is 0.0481. The van der Waals surface area contributed by atoms with Crippen LogP contribution in [0.3, 0.4) is 0 Å². The van der Waals surface area contributed by atoms with Gasteiger partial charge in [-0.05, 0) is 0 Å². The normalized spacial score (nSPS) is 10.2. The molecule has 2 rings (SSSR count). The molecule has 0 aliphatic heterocycles. The fourth-order valence-corrected chi connectivity index (χ4v) is 1.70. The number of nitrogens with zero attached hydrogens (tertiary/aromatic N) is 2. The van der Waals surface area contributed by atoms with Crippen LogP contribution in [0.15, 0.2) is 27.1 Å². The smallest absolute Gasteiger partial charge is 0.311 e. The lowest BCUT2D eigenvalue weighted by Crippen LogP contribution is -2.25. The number of H-pyrrole nitrogens is 3. The highest BCUT2D eigenvalue weighted by molar-refractivity contribution is 7.99. The summed E-state index contributed by atoms with van der Waals surface area (Å²) >= 11 is 1.14. The predicted molar refractivity (Wildman–Crippen MR) is 63.4 cm³/mol. The lowest BCUT2D eigenvalue weighted by Gasteiger charge is -2.02. The average Bonchev–Trinajstić information content (AvgIpc) is 2.77. The Morgan fingerprint density at radius 2 is 2.22 bits per heavy atom. The summed E-state index contributed by atoms with van der Waals surface area (Å²) in [5.41, 5.74) is -1.27. The Balaban J connectivity index is 1.94. The van der Waals surface area contributed by atoms with Crippen molar-refractivity contribution in [3.63, 3.8) is 0 Å². The van der Waals surface area contributed by atoms with E-state index in [0.29, 0.717) is 5.16 Å². The predicted octanol–water partition coefficient (Wildman–Crippen LogP) is -1.09. The first kappa shape index (κ1) is 12.1. The van der Waals surface area contributed by atoms with Gasteiger partial charge >= 0.3 is 5.69 Å². The first-order chi connectivity index (χ1) is 8.63. The molecule has 0 fully saturated rings. The monoisotopic (exact) mass is 268 g/mol. The number of aromatic amines is 3. The number of nitrogens with one attached hydrogen (secondary N) is 4. The van der Waals surface area contributed by atoms with Crippen molar-refractivity contribution in [3.8, 4) is 0 Å². The van der Waals surface area contributed by atoms with Gasteiger partial charge in [0.25, 0.3) is 5.56 Å². The Labute approximate surface area is 103 Å². The number of hydrogen-bond donors (Lipinski definition) is 4. The van der Waals surface area contributed by atoms with Gasteiger partial charge in [-0.15, -0.1) is 0 Å². The molecule has 0 saturated carbocycles. The van der Waals surface area contributed by atoms with E-state index in [1.807, 2.05) is 4.98 Å². The van der Waals surface area contributed by atoms with E-state index < -0.39 is 11.2 Å². The lowest BCUT2D eigenvalue weighted by atomic mass is 10.5. The Morgan fingerprint density at radius 1 is 1.39 bits per heavy atom. The van der Waals surface area contributed by atoms with Crippen molar-refractivity contribution in [2.45, 2.75) is 5.16 Å². The van der Waals surface area contributed by atoms with Gasteiger partial charge in [0.05, 0.1) is 5.75 Å². The Bertz CT molecular complexity index is 617. The van der Waals surface area contributed by atoms with Gasteiger partial charge in [-0.1, -0.05) is 11.8 Å². The number of anilines is 1. The van der Waals surface area contributed by atoms with Crippen LogP contribution >= 0.6 is 11.8 Å². The quantitative estimate of drug-likeness (QED) is 0.520. The Kier molecular flexibility index (Phi) is 3.57. The molecule has 2 aromatic rings. The number of hydrogen-bond acceptors (Lipinski definition) is 6. The van der Waals surface area contributed by atoms with E-state index in [4.69, 9.17) is 0 Å². The van der Waals surface area contributed by atoms with Crippen LogP contribution in [-0.2, 0) is 4.79 Å². The summed E-state index contributed by atoms with van der Waals surface area (Å²) in [7, 11) is 0. The molecule has 0 aliphatic rings. The molecule has 0 radical (unpaired) electrons. The van der Waals surface area contributed by atoms with E-state index in [2.05, 4.69) is 25.5 Å². The van der Waals surface area contributed by atoms with Gasteiger partial charge in [0.2, 0.25) is 5.91 Å². The van der Waals surface area contributed by atoms with Crippen molar-refractivity contribution >= 4 is 23.5 Å². The maximum atomic E-state index is 11.5. The van der Waals surface area contributed by atoms with Gasteiger partial charge in [0.15, 0.2) is 5.16 Å². The van der Waals surface area contributed by atoms with E-state index in [9.17, 15) is 14.4 Å². The van der Waals surface area contributed by atoms with E-state index in [1.54, 1.807) is 0 Å². The van der Waals surface area contributed by atoms with Crippen LogP contribution in [0.2, 0.25) is 0 Å². The maximum Gasteiger partial charge on any atom is 0.327 e. The minimum atomic E-state index is -0.680. The van der Waals surface area contributed by atoms with E-state index in [0.717, 1.165) is 17.8 Å². The third kappa shape index (κ3) is 3.31. The van der Waals surface area contributed by atoms with Crippen molar-refractivity contribution in [2.24, 2.45) is 0 Å². The molecule has 10 heteroatoms. The van der Waals surface area contributed by atoms with E-state index in [-0.39, 0.29) is 17.5 Å². The van der Waals surface area contributed by atoms with Crippen LogP contribution in [0.5, 0.6) is 0 Å². The molecular weight excluding hydrogens is 260 g/mol. The average molecular weight is 268 g/mol. The topological polar surface area (TPSA) is 136 Å². The zero-order valence-corrected chi connectivity index (χ0v) is 9.71. The van der Waals surface area contributed by atoms with Crippen LogP contribution in [0.4, 0.5) is 5.82 Å².